The molecule has 0 N–H and O–H groups in total. The van der Waals surface area contributed by atoms with Crippen LogP contribution in [0, 0.1) is 5.82 Å². The zero-order chi connectivity index (χ0) is 36.9. The molecular formula is C53H36FN. The Morgan fingerprint density at radius 1 is 0.491 bits per heavy atom. The minimum atomic E-state index is -0.191. The molecular weight excluding hydrogens is 670 g/mol. The Morgan fingerprint density at radius 3 is 1.91 bits per heavy atom. The normalized spacial score (nSPS) is 15.6. The van der Waals surface area contributed by atoms with Gasteiger partial charge in [-0.05, 0) is 114 Å². The summed E-state index contributed by atoms with van der Waals surface area (Å²) in [6, 6.07) is 57.2. The van der Waals surface area contributed by atoms with Crippen LogP contribution in [0.25, 0.3) is 72.8 Å². The Kier molecular flexibility index (Phi) is 8.03. The number of halogens is 1. The molecule has 0 saturated carbocycles. The van der Waals surface area contributed by atoms with E-state index in [4.69, 9.17) is 4.99 Å². The average molecular weight is 706 g/mol. The van der Waals surface area contributed by atoms with Crippen LogP contribution in [-0.4, -0.2) is 6.21 Å². The van der Waals surface area contributed by atoms with Crippen molar-refractivity contribution in [1.82, 2.24) is 0 Å². The molecule has 0 aromatic heterocycles. The minimum Gasteiger partial charge on any atom is -0.256 e. The number of rotatable bonds is 6. The van der Waals surface area contributed by atoms with Gasteiger partial charge in [0.25, 0.3) is 0 Å². The lowest BCUT2D eigenvalue weighted by Gasteiger charge is -2.32. The van der Waals surface area contributed by atoms with Gasteiger partial charge in [0.2, 0.25) is 0 Å². The lowest BCUT2D eigenvalue weighted by Crippen LogP contribution is -2.16. The molecule has 8 aromatic rings. The highest BCUT2D eigenvalue weighted by Crippen LogP contribution is 2.46. The molecule has 55 heavy (non-hydrogen) atoms. The van der Waals surface area contributed by atoms with Crippen molar-refractivity contribution in [3.8, 4) is 33.4 Å². The monoisotopic (exact) mass is 705 g/mol. The molecule has 2 aliphatic carbocycles. The standard InChI is InChI=1S/C53H36FN/c1-34(55-33-45-30-43-8-2-3-13-47(43)50-15-5-4-14-48(45)50)38-9-6-11-40(28-38)41-12-7-10-39(29-41)35-16-18-36(19-17-35)42-21-20-37-22-25-51-49-27-24-46(54)31-44(49)23-26-52(51)53(37)32-42/h2-33,51-52H,1H2/b55-33-. The third-order valence-corrected chi connectivity index (χ3v) is 11.3. The zero-order valence-electron chi connectivity index (χ0n) is 30.2. The van der Waals surface area contributed by atoms with E-state index < -0.39 is 0 Å². The van der Waals surface area contributed by atoms with Crippen LogP contribution in [-0.2, 0) is 0 Å². The SMILES string of the molecule is C=C(/N=C\c1cc2ccccc2c2ccccc12)c1cccc(-c2cccc(-c3ccc(-c4ccc5c(c4)C4C=Cc6cc(F)ccc6C4C=C5)cc3)c2)c1. The predicted molar refractivity (Wildman–Crippen MR) is 231 cm³/mol. The van der Waals surface area contributed by atoms with Gasteiger partial charge in [-0.2, -0.15) is 0 Å². The van der Waals surface area contributed by atoms with E-state index >= 15 is 0 Å². The quantitative estimate of drug-likeness (QED) is 0.121. The molecule has 0 bridgehead atoms. The summed E-state index contributed by atoms with van der Waals surface area (Å²) >= 11 is 0. The smallest absolute Gasteiger partial charge is 0.123 e. The Bertz CT molecular complexity index is 2910. The Balaban J connectivity index is 0.890. The molecule has 2 heteroatoms. The van der Waals surface area contributed by atoms with Gasteiger partial charge in [0.05, 0.1) is 5.70 Å². The van der Waals surface area contributed by atoms with E-state index in [-0.39, 0.29) is 17.7 Å². The fourth-order valence-electron chi connectivity index (χ4n) is 8.46. The second-order valence-corrected chi connectivity index (χ2v) is 14.6. The maximum Gasteiger partial charge on any atom is 0.123 e. The van der Waals surface area contributed by atoms with Gasteiger partial charge in [-0.3, -0.25) is 4.99 Å². The summed E-state index contributed by atoms with van der Waals surface area (Å²) in [6.45, 7) is 4.35. The first-order chi connectivity index (χ1) is 27.1. The van der Waals surface area contributed by atoms with Crippen LogP contribution in [0.4, 0.5) is 4.39 Å². The van der Waals surface area contributed by atoms with Crippen LogP contribution in [0.3, 0.4) is 0 Å². The molecule has 2 atom stereocenters. The van der Waals surface area contributed by atoms with E-state index in [1.807, 2.05) is 12.3 Å². The molecule has 0 spiro atoms. The molecule has 0 heterocycles. The highest BCUT2D eigenvalue weighted by atomic mass is 19.1. The van der Waals surface area contributed by atoms with Crippen molar-refractivity contribution in [3.63, 3.8) is 0 Å². The van der Waals surface area contributed by atoms with Crippen molar-refractivity contribution in [2.75, 3.05) is 0 Å². The van der Waals surface area contributed by atoms with Crippen LogP contribution in [0.2, 0.25) is 0 Å². The van der Waals surface area contributed by atoms with E-state index in [1.54, 1.807) is 12.1 Å². The van der Waals surface area contributed by atoms with Gasteiger partial charge >= 0.3 is 0 Å². The third kappa shape index (κ3) is 6.02. The van der Waals surface area contributed by atoms with Gasteiger partial charge in [-0.1, -0.05) is 158 Å². The molecule has 260 valence electrons. The van der Waals surface area contributed by atoms with Crippen molar-refractivity contribution >= 4 is 45.6 Å². The minimum absolute atomic E-state index is 0.191. The van der Waals surface area contributed by atoms with Gasteiger partial charge in [-0.15, -0.1) is 0 Å². The molecule has 8 aromatic carbocycles. The summed E-state index contributed by atoms with van der Waals surface area (Å²) < 4.78 is 13.9. The molecule has 0 saturated heterocycles. The molecule has 0 amide bonds. The second-order valence-electron chi connectivity index (χ2n) is 14.6. The number of hydrogen-bond donors (Lipinski definition) is 0. The number of nitrogens with zero attached hydrogens (tertiary/aromatic N) is 1. The van der Waals surface area contributed by atoms with Gasteiger partial charge in [-0.25, -0.2) is 4.39 Å². The zero-order valence-corrected chi connectivity index (χ0v) is 30.2. The summed E-state index contributed by atoms with van der Waals surface area (Å²) in [7, 11) is 0. The lowest BCUT2D eigenvalue weighted by atomic mass is 9.71. The van der Waals surface area contributed by atoms with Crippen molar-refractivity contribution in [2.24, 2.45) is 4.99 Å². The molecule has 0 aliphatic heterocycles. The summed E-state index contributed by atoms with van der Waals surface area (Å²) in [5, 5.41) is 4.85. The largest absolute Gasteiger partial charge is 0.256 e. The summed E-state index contributed by atoms with van der Waals surface area (Å²) in [4.78, 5) is 4.87. The lowest BCUT2D eigenvalue weighted by molar-refractivity contribution is 0.623. The molecule has 1 nitrogen and oxygen atoms in total. The van der Waals surface area contributed by atoms with Crippen molar-refractivity contribution < 1.29 is 4.39 Å². The third-order valence-electron chi connectivity index (χ3n) is 11.3. The first-order valence-corrected chi connectivity index (χ1v) is 18.8. The Morgan fingerprint density at radius 2 is 1.11 bits per heavy atom. The van der Waals surface area contributed by atoms with Crippen molar-refractivity contribution in [3.05, 3.63) is 222 Å². The van der Waals surface area contributed by atoms with Crippen LogP contribution in [0.5, 0.6) is 0 Å². The van der Waals surface area contributed by atoms with E-state index in [9.17, 15) is 4.39 Å². The molecule has 2 aliphatic rings. The first-order valence-electron chi connectivity index (χ1n) is 18.8. The van der Waals surface area contributed by atoms with Crippen LogP contribution in [0.15, 0.2) is 188 Å². The Labute approximate surface area is 320 Å². The first kappa shape index (κ1) is 32.7. The fraction of sp³-hybridized carbons (Fsp3) is 0.0377. The number of allylic oxidation sites excluding steroid dienone is 2. The van der Waals surface area contributed by atoms with E-state index in [2.05, 4.69) is 176 Å². The highest BCUT2D eigenvalue weighted by molar-refractivity contribution is 6.14. The highest BCUT2D eigenvalue weighted by Gasteiger charge is 2.30. The fourth-order valence-corrected chi connectivity index (χ4v) is 8.46. The molecule has 0 fully saturated rings. The van der Waals surface area contributed by atoms with E-state index in [0.29, 0.717) is 0 Å². The Hall–Kier alpha value is -6.90. The van der Waals surface area contributed by atoms with Crippen LogP contribution in [0.1, 0.15) is 45.2 Å². The van der Waals surface area contributed by atoms with Crippen molar-refractivity contribution in [2.45, 2.75) is 11.8 Å². The molecule has 0 radical (unpaired) electrons. The van der Waals surface area contributed by atoms with E-state index in [0.717, 1.165) is 39.1 Å². The maximum atomic E-state index is 13.9. The van der Waals surface area contributed by atoms with Gasteiger partial charge in [0, 0.05) is 29.2 Å². The number of aliphatic imine (C=N–C) groups is 1. The summed E-state index contributed by atoms with van der Waals surface area (Å²) in [6.07, 6.45) is 10.7. The second kappa shape index (κ2) is 13.5. The van der Waals surface area contributed by atoms with Gasteiger partial charge in [0.15, 0.2) is 0 Å². The average Bonchev–Trinajstić information content (AvgIpc) is 3.25. The van der Waals surface area contributed by atoms with Crippen LogP contribution >= 0.6 is 0 Å². The van der Waals surface area contributed by atoms with Crippen molar-refractivity contribution in [1.29, 1.82) is 0 Å². The predicted octanol–water partition coefficient (Wildman–Crippen LogP) is 14.1. The molecule has 2 unspecified atom stereocenters. The number of benzene rings is 8. The summed E-state index contributed by atoms with van der Waals surface area (Å²) in [5.74, 6) is 0.247. The summed E-state index contributed by atoms with van der Waals surface area (Å²) in [5.41, 5.74) is 14.5. The van der Waals surface area contributed by atoms with E-state index in [1.165, 1.54) is 54.9 Å². The topological polar surface area (TPSA) is 12.4 Å². The van der Waals surface area contributed by atoms with Gasteiger partial charge < -0.3 is 0 Å². The number of hydrogen-bond acceptors (Lipinski definition) is 1. The molecule has 10 rings (SSSR count). The number of fused-ring (bicyclic) bond motifs is 8. The maximum absolute atomic E-state index is 13.9. The van der Waals surface area contributed by atoms with Gasteiger partial charge in [0.1, 0.15) is 5.82 Å². The van der Waals surface area contributed by atoms with Crippen LogP contribution < -0.4 is 0 Å².